The molecule has 0 saturated carbocycles. The number of rotatable bonds is 6. The van der Waals surface area contributed by atoms with Gasteiger partial charge in [0.1, 0.15) is 10.7 Å². The van der Waals surface area contributed by atoms with Crippen LogP contribution in [-0.4, -0.2) is 20.6 Å². The number of halogens is 4. The van der Waals surface area contributed by atoms with E-state index in [1.54, 1.807) is 6.07 Å². The highest BCUT2D eigenvalue weighted by molar-refractivity contribution is 14.2. The third-order valence-electron chi connectivity index (χ3n) is 3.30. The highest BCUT2D eigenvalue weighted by atomic mass is 127. The molecule has 3 aromatic rings. The lowest BCUT2D eigenvalue weighted by atomic mass is 10.2. The van der Waals surface area contributed by atoms with Gasteiger partial charge < -0.3 is 10.0 Å². The lowest BCUT2D eigenvalue weighted by Crippen LogP contribution is -1.97. The van der Waals surface area contributed by atoms with Gasteiger partial charge in [-0.2, -0.15) is 0 Å². The number of alkyl halides is 2. The summed E-state index contributed by atoms with van der Waals surface area (Å²) in [5.74, 6) is -0.309. The maximum Gasteiger partial charge on any atom is 0.295 e. The first-order chi connectivity index (χ1) is 12.0. The van der Waals surface area contributed by atoms with Crippen LogP contribution in [-0.2, 0) is 0 Å². The Hall–Kier alpha value is -0.900. The molecule has 3 rings (SSSR count). The Morgan fingerprint density at radius 2 is 1.96 bits per heavy atom. The minimum Gasteiger partial charge on any atom is -0.352 e. The molecule has 11 heteroatoms. The SMILES string of the molecule is CSNc1ccccc1Nc1cc(Cl)nc2c1nc(C(F)F)n2PI. The number of hydrogen-bond acceptors (Lipinski definition) is 5. The second-order valence-electron chi connectivity index (χ2n) is 4.83. The van der Waals surface area contributed by atoms with Crippen LogP contribution in [0.2, 0.25) is 5.15 Å². The molecule has 0 saturated heterocycles. The summed E-state index contributed by atoms with van der Waals surface area (Å²) in [6.07, 6.45) is -0.736. The predicted molar refractivity (Wildman–Crippen MR) is 112 cm³/mol. The molecule has 1 atom stereocenters. The third kappa shape index (κ3) is 3.94. The van der Waals surface area contributed by atoms with Gasteiger partial charge in [-0.05, 0) is 34.2 Å². The largest absolute Gasteiger partial charge is 0.352 e. The van der Waals surface area contributed by atoms with Crippen LogP contribution in [0.3, 0.4) is 0 Å². The Morgan fingerprint density at radius 1 is 1.24 bits per heavy atom. The molecule has 0 fully saturated rings. The number of nitrogens with zero attached hydrogens (tertiary/aromatic N) is 3. The van der Waals surface area contributed by atoms with Crippen molar-refractivity contribution < 1.29 is 8.78 Å². The predicted octanol–water partition coefficient (Wildman–Crippen LogP) is 6.25. The summed E-state index contributed by atoms with van der Waals surface area (Å²) in [6, 6.07) is 9.16. The van der Waals surface area contributed by atoms with Crippen molar-refractivity contribution >= 4 is 80.2 Å². The van der Waals surface area contributed by atoms with Gasteiger partial charge in [0.25, 0.3) is 6.43 Å². The summed E-state index contributed by atoms with van der Waals surface area (Å²) in [5.41, 5.74) is 2.88. The summed E-state index contributed by atoms with van der Waals surface area (Å²) in [4.78, 5) is 8.29. The smallest absolute Gasteiger partial charge is 0.295 e. The van der Waals surface area contributed by atoms with Gasteiger partial charge in [0, 0.05) is 12.3 Å². The number of pyridine rings is 1. The number of nitrogens with one attached hydrogen (secondary N) is 2. The molecule has 0 radical (unpaired) electrons. The monoisotopic (exact) mass is 513 g/mol. The van der Waals surface area contributed by atoms with Gasteiger partial charge in [-0.25, -0.2) is 18.7 Å². The van der Waals surface area contributed by atoms with E-state index in [4.69, 9.17) is 11.6 Å². The van der Waals surface area contributed by atoms with Gasteiger partial charge in [0.05, 0.1) is 23.4 Å². The van der Waals surface area contributed by atoms with Gasteiger partial charge in [-0.15, -0.1) is 0 Å². The minimum absolute atomic E-state index is 0.0378. The number of aromatic nitrogens is 3. The zero-order chi connectivity index (χ0) is 18.0. The molecule has 0 aliphatic heterocycles. The molecule has 5 nitrogen and oxygen atoms in total. The van der Waals surface area contributed by atoms with Crippen molar-refractivity contribution in [2.75, 3.05) is 16.3 Å². The molecule has 2 heterocycles. The summed E-state index contributed by atoms with van der Waals surface area (Å²) >= 11 is 9.58. The zero-order valence-corrected chi connectivity index (χ0v) is 17.5. The van der Waals surface area contributed by atoms with Gasteiger partial charge in [-0.3, -0.25) is 4.34 Å². The molecule has 0 aliphatic rings. The average Bonchev–Trinajstić information content (AvgIpc) is 2.95. The van der Waals surface area contributed by atoms with Crippen molar-refractivity contribution in [3.63, 3.8) is 0 Å². The van der Waals surface area contributed by atoms with E-state index < -0.39 is 6.43 Å². The van der Waals surface area contributed by atoms with E-state index in [1.165, 1.54) is 16.3 Å². The van der Waals surface area contributed by atoms with E-state index in [0.29, 0.717) is 16.9 Å². The van der Waals surface area contributed by atoms with Crippen molar-refractivity contribution in [1.82, 2.24) is 14.3 Å². The Bertz CT molecular complexity index is 910. The van der Waals surface area contributed by atoms with Gasteiger partial charge >= 0.3 is 0 Å². The number of anilines is 3. The fraction of sp³-hybridized carbons (Fsp3) is 0.143. The number of hydrogen-bond donors (Lipinski definition) is 2. The summed E-state index contributed by atoms with van der Waals surface area (Å²) in [5, 5.41) is 3.43. The van der Waals surface area contributed by atoms with Crippen molar-refractivity contribution in [2.24, 2.45) is 0 Å². The fourth-order valence-electron chi connectivity index (χ4n) is 2.29. The molecule has 2 aromatic heterocycles. The molecular formula is C14H12ClF2IN5PS. The normalized spacial score (nSPS) is 11.8. The molecular weight excluding hydrogens is 502 g/mol. The molecule has 0 bridgehead atoms. The van der Waals surface area contributed by atoms with Crippen LogP contribution in [0.15, 0.2) is 30.3 Å². The topological polar surface area (TPSA) is 54.8 Å². The molecule has 0 amide bonds. The van der Waals surface area contributed by atoms with Crippen molar-refractivity contribution in [1.29, 1.82) is 0 Å². The highest BCUT2D eigenvalue weighted by Gasteiger charge is 2.22. The Kier molecular flexibility index (Phi) is 6.19. The zero-order valence-electron chi connectivity index (χ0n) is 12.7. The van der Waals surface area contributed by atoms with E-state index in [1.807, 2.05) is 52.6 Å². The molecule has 0 aliphatic carbocycles. The second kappa shape index (κ2) is 8.20. The molecule has 1 unspecified atom stereocenters. The van der Waals surface area contributed by atoms with Crippen LogP contribution in [0.1, 0.15) is 12.2 Å². The highest BCUT2D eigenvalue weighted by Crippen LogP contribution is 2.38. The number of para-hydroxylation sites is 2. The van der Waals surface area contributed by atoms with Gasteiger partial charge in [-0.1, -0.05) is 35.7 Å². The van der Waals surface area contributed by atoms with Crippen molar-refractivity contribution in [2.45, 2.75) is 6.43 Å². The van der Waals surface area contributed by atoms with E-state index in [-0.39, 0.29) is 17.4 Å². The average molecular weight is 514 g/mol. The lowest BCUT2D eigenvalue weighted by Gasteiger charge is -2.13. The Balaban J connectivity index is 2.14. The van der Waals surface area contributed by atoms with Crippen LogP contribution in [0, 0.1) is 0 Å². The number of benzene rings is 1. The number of imidazole rings is 1. The van der Waals surface area contributed by atoms with E-state index in [9.17, 15) is 8.78 Å². The Labute approximate surface area is 166 Å². The van der Waals surface area contributed by atoms with E-state index in [0.717, 1.165) is 11.4 Å². The molecule has 0 spiro atoms. The van der Waals surface area contributed by atoms with Crippen LogP contribution in [0.25, 0.3) is 11.2 Å². The summed E-state index contributed by atoms with van der Waals surface area (Å²) in [7, 11) is 0. The molecule has 2 N–H and O–H groups in total. The Morgan fingerprint density at radius 3 is 2.60 bits per heavy atom. The first-order valence-electron chi connectivity index (χ1n) is 6.94. The standard InChI is InChI=1S/C14H12ClF2IN5PS/c1-25-22-8-5-3-2-4-7(8)19-9-6-10(15)20-13-11(9)21-14(12(16)17)23(13)24-18/h2-6,12,22,24H,1H3,(H,19,20). The molecule has 132 valence electrons. The van der Waals surface area contributed by atoms with Crippen molar-refractivity contribution in [3.8, 4) is 0 Å². The minimum atomic E-state index is -2.69. The lowest BCUT2D eigenvalue weighted by molar-refractivity contribution is 0.140. The van der Waals surface area contributed by atoms with E-state index in [2.05, 4.69) is 20.0 Å². The van der Waals surface area contributed by atoms with Crippen LogP contribution < -0.4 is 10.0 Å². The second-order valence-corrected chi connectivity index (χ2v) is 7.90. The maximum atomic E-state index is 13.3. The first-order valence-corrected chi connectivity index (χ1v) is 12.6. The maximum absolute atomic E-state index is 13.3. The van der Waals surface area contributed by atoms with E-state index >= 15 is 0 Å². The number of fused-ring (bicyclic) bond motifs is 1. The van der Waals surface area contributed by atoms with Crippen LogP contribution >= 0.6 is 52.0 Å². The van der Waals surface area contributed by atoms with Crippen LogP contribution in [0.4, 0.5) is 25.8 Å². The molecule has 25 heavy (non-hydrogen) atoms. The summed E-state index contributed by atoms with van der Waals surface area (Å²) in [6.45, 7) is 0. The quantitative estimate of drug-likeness (QED) is 0.177. The summed E-state index contributed by atoms with van der Waals surface area (Å²) < 4.78 is 31.2. The van der Waals surface area contributed by atoms with Gasteiger partial charge in [0.2, 0.25) is 0 Å². The van der Waals surface area contributed by atoms with Crippen molar-refractivity contribution in [3.05, 3.63) is 41.3 Å². The third-order valence-corrected chi connectivity index (χ3v) is 5.97. The van der Waals surface area contributed by atoms with Gasteiger partial charge in [0.15, 0.2) is 11.5 Å². The molecule has 1 aromatic carbocycles. The fourth-order valence-corrected chi connectivity index (χ4v) is 4.78. The first kappa shape index (κ1) is 18.9. The van der Waals surface area contributed by atoms with Crippen LogP contribution in [0.5, 0.6) is 0 Å².